The molecule has 0 radical (unpaired) electrons. The van der Waals surface area contributed by atoms with Crippen molar-refractivity contribution in [2.24, 2.45) is 20.5 Å². The zero-order valence-corrected chi connectivity index (χ0v) is 25.2. The largest absolute Gasteiger partial charge is 0.505 e. The van der Waals surface area contributed by atoms with Crippen LogP contribution in [0.3, 0.4) is 0 Å². The molecular formula is C27H21N5O10S3. The van der Waals surface area contributed by atoms with E-state index in [1.807, 2.05) is 0 Å². The lowest BCUT2D eigenvalue weighted by molar-refractivity contribution is 0.472. The lowest BCUT2D eigenvalue weighted by Crippen LogP contribution is -2.02. The number of rotatable bonds is 7. The average Bonchev–Trinajstić information content (AvgIpc) is 2.93. The molecule has 0 unspecified atom stereocenters. The van der Waals surface area contributed by atoms with Crippen LogP contribution in [0, 0.1) is 6.92 Å². The number of phenolic OH excluding ortho intramolecular Hbond substituents is 1. The van der Waals surface area contributed by atoms with Crippen LogP contribution in [0.2, 0.25) is 0 Å². The van der Waals surface area contributed by atoms with Gasteiger partial charge in [-0.25, -0.2) is 0 Å². The molecule has 0 aromatic heterocycles. The summed E-state index contributed by atoms with van der Waals surface area (Å²) in [4.78, 5) is -2.01. The molecule has 0 atom stereocenters. The SMILES string of the molecule is Cc1cc(N=Nc2c(S(=O)(=O)O)cc3cc(S(=O)(=O)O)cc(N)c3c2O)ccc1N=Nc1ccc2ccccc2c1S(=O)(=O)O. The minimum atomic E-state index is -5.04. The van der Waals surface area contributed by atoms with E-state index in [9.17, 15) is 44.0 Å². The summed E-state index contributed by atoms with van der Waals surface area (Å²) in [6, 6.07) is 16.3. The predicted molar refractivity (Wildman–Crippen MR) is 163 cm³/mol. The zero-order chi connectivity index (χ0) is 32.9. The maximum Gasteiger partial charge on any atom is 0.297 e. The Morgan fingerprint density at radius 1 is 0.667 bits per heavy atom. The molecule has 0 aliphatic heterocycles. The second-order valence-corrected chi connectivity index (χ2v) is 13.8. The van der Waals surface area contributed by atoms with Crippen LogP contribution in [0.25, 0.3) is 21.5 Å². The molecule has 15 nitrogen and oxygen atoms in total. The summed E-state index contributed by atoms with van der Waals surface area (Å²) >= 11 is 0. The van der Waals surface area contributed by atoms with Crippen molar-refractivity contribution < 1.29 is 44.0 Å². The Bertz CT molecular complexity index is 2450. The molecule has 0 bridgehead atoms. The molecule has 0 spiro atoms. The highest BCUT2D eigenvalue weighted by atomic mass is 32.2. The van der Waals surface area contributed by atoms with Crippen molar-refractivity contribution in [3.05, 3.63) is 78.4 Å². The maximum atomic E-state index is 12.2. The second-order valence-electron chi connectivity index (χ2n) is 9.61. The summed E-state index contributed by atoms with van der Waals surface area (Å²) in [7, 11) is -14.5. The van der Waals surface area contributed by atoms with Crippen LogP contribution in [0.5, 0.6) is 5.75 Å². The first-order chi connectivity index (χ1) is 20.9. The van der Waals surface area contributed by atoms with Gasteiger partial charge in [-0.2, -0.15) is 35.5 Å². The fourth-order valence-electron chi connectivity index (χ4n) is 4.54. The van der Waals surface area contributed by atoms with Crippen molar-refractivity contribution in [3.8, 4) is 5.75 Å². The number of nitrogen functional groups attached to an aromatic ring is 1. The predicted octanol–water partition coefficient (Wildman–Crippen LogP) is 6.16. The zero-order valence-electron chi connectivity index (χ0n) is 22.8. The van der Waals surface area contributed by atoms with E-state index in [-0.39, 0.29) is 38.9 Å². The second kappa shape index (κ2) is 11.3. The minimum Gasteiger partial charge on any atom is -0.505 e. The summed E-state index contributed by atoms with van der Waals surface area (Å²) < 4.78 is 101. The molecule has 232 valence electrons. The molecular weight excluding hydrogens is 651 g/mol. The van der Waals surface area contributed by atoms with Crippen molar-refractivity contribution in [2.75, 3.05) is 5.73 Å². The first-order valence-electron chi connectivity index (χ1n) is 12.4. The lowest BCUT2D eigenvalue weighted by Gasteiger charge is -2.12. The van der Waals surface area contributed by atoms with E-state index in [2.05, 4.69) is 20.5 Å². The van der Waals surface area contributed by atoms with Gasteiger partial charge in [-0.1, -0.05) is 30.3 Å². The number of benzene rings is 5. The third kappa shape index (κ3) is 6.36. The maximum absolute atomic E-state index is 12.2. The molecule has 18 heteroatoms. The summed E-state index contributed by atoms with van der Waals surface area (Å²) in [5.41, 5.74) is 5.59. The number of anilines is 1. The lowest BCUT2D eigenvalue weighted by atomic mass is 10.1. The summed E-state index contributed by atoms with van der Waals surface area (Å²) in [5, 5.41) is 27.1. The molecule has 0 aliphatic rings. The molecule has 0 aliphatic carbocycles. The van der Waals surface area contributed by atoms with Gasteiger partial charge in [0.05, 0.1) is 16.3 Å². The molecule has 0 saturated carbocycles. The molecule has 0 heterocycles. The molecule has 6 N–H and O–H groups in total. The van der Waals surface area contributed by atoms with Gasteiger partial charge in [0.2, 0.25) is 0 Å². The Hall–Kier alpha value is -4.85. The summed E-state index contributed by atoms with van der Waals surface area (Å²) in [6.07, 6.45) is 0. The van der Waals surface area contributed by atoms with Crippen molar-refractivity contribution >= 4 is 80.3 Å². The molecule has 5 aromatic carbocycles. The van der Waals surface area contributed by atoms with Gasteiger partial charge in [0.1, 0.15) is 21.2 Å². The molecule has 0 amide bonds. The fraction of sp³-hybridized carbons (Fsp3) is 0.0370. The number of fused-ring (bicyclic) bond motifs is 2. The van der Waals surface area contributed by atoms with E-state index in [0.717, 1.165) is 18.2 Å². The number of nitrogens with two attached hydrogens (primary N) is 1. The van der Waals surface area contributed by atoms with Crippen LogP contribution >= 0.6 is 0 Å². The van der Waals surface area contributed by atoms with E-state index in [1.54, 1.807) is 31.2 Å². The standard InChI is InChI=1S/C27H21N5O10S3/c1-14-10-17(7-9-21(14)30-31-22-8-6-15-4-2-3-5-19(15)27(22)45(40,41)42)29-32-25-23(44(37,38)39)12-16-11-18(43(34,35)36)13-20(28)24(16)26(25)33/h2-13,33H,28H2,1H3,(H,34,35,36)(H,37,38,39)(H,40,41,42). The number of aryl methyl sites for hydroxylation is 1. The van der Waals surface area contributed by atoms with Gasteiger partial charge in [0.15, 0.2) is 5.75 Å². The van der Waals surface area contributed by atoms with Gasteiger partial charge in [0, 0.05) is 16.5 Å². The van der Waals surface area contributed by atoms with E-state index in [4.69, 9.17) is 5.73 Å². The Labute approximate surface area is 255 Å². The van der Waals surface area contributed by atoms with Gasteiger partial charge in [0.25, 0.3) is 30.4 Å². The Balaban J connectivity index is 1.54. The quantitative estimate of drug-likeness (QED) is 0.0743. The van der Waals surface area contributed by atoms with E-state index in [1.165, 1.54) is 30.3 Å². The van der Waals surface area contributed by atoms with Crippen LogP contribution in [0.15, 0.2) is 108 Å². The highest BCUT2D eigenvalue weighted by Crippen LogP contribution is 2.44. The van der Waals surface area contributed by atoms with E-state index in [0.29, 0.717) is 10.9 Å². The number of phenols is 1. The number of nitrogens with zero attached hydrogens (tertiary/aromatic N) is 4. The van der Waals surface area contributed by atoms with Gasteiger partial charge in [-0.3, -0.25) is 13.7 Å². The number of aromatic hydroxyl groups is 1. The highest BCUT2D eigenvalue weighted by molar-refractivity contribution is 7.86. The van der Waals surface area contributed by atoms with Gasteiger partial charge < -0.3 is 10.8 Å². The summed E-state index contributed by atoms with van der Waals surface area (Å²) in [6.45, 7) is 1.61. The van der Waals surface area contributed by atoms with E-state index >= 15 is 0 Å². The van der Waals surface area contributed by atoms with Crippen molar-refractivity contribution in [1.82, 2.24) is 0 Å². The van der Waals surface area contributed by atoms with Crippen LogP contribution in [-0.4, -0.2) is 44.0 Å². The first kappa shape index (κ1) is 31.6. The molecule has 0 saturated heterocycles. The molecule has 5 rings (SSSR count). The number of hydrogen-bond acceptors (Lipinski definition) is 12. The highest BCUT2D eigenvalue weighted by Gasteiger charge is 2.25. The van der Waals surface area contributed by atoms with E-state index < -0.39 is 56.5 Å². The van der Waals surface area contributed by atoms with Crippen LogP contribution in [0.1, 0.15) is 5.56 Å². The Morgan fingerprint density at radius 2 is 1.33 bits per heavy atom. The van der Waals surface area contributed by atoms with Crippen molar-refractivity contribution in [3.63, 3.8) is 0 Å². The molecule has 0 fully saturated rings. The third-order valence-electron chi connectivity index (χ3n) is 6.56. The third-order valence-corrected chi connectivity index (χ3v) is 9.20. The smallest absolute Gasteiger partial charge is 0.297 e. The molecule has 5 aromatic rings. The average molecular weight is 672 g/mol. The summed E-state index contributed by atoms with van der Waals surface area (Å²) in [5.74, 6) is -0.838. The van der Waals surface area contributed by atoms with Crippen molar-refractivity contribution in [1.29, 1.82) is 0 Å². The van der Waals surface area contributed by atoms with Crippen LogP contribution in [0.4, 0.5) is 28.4 Å². The number of hydrogen-bond donors (Lipinski definition) is 5. The van der Waals surface area contributed by atoms with Crippen molar-refractivity contribution in [2.45, 2.75) is 21.6 Å². The van der Waals surface area contributed by atoms with Gasteiger partial charge >= 0.3 is 0 Å². The van der Waals surface area contributed by atoms with Crippen LogP contribution < -0.4 is 5.73 Å². The first-order valence-corrected chi connectivity index (χ1v) is 16.7. The Kier molecular flexibility index (Phi) is 7.90. The number of azo groups is 2. The molecule has 45 heavy (non-hydrogen) atoms. The minimum absolute atomic E-state index is 0.105. The Morgan fingerprint density at radius 3 is 1.98 bits per heavy atom. The normalized spacial score (nSPS) is 13.0. The topological polar surface area (TPSA) is 259 Å². The van der Waals surface area contributed by atoms with Gasteiger partial charge in [-0.15, -0.1) is 10.2 Å². The fourth-order valence-corrected chi connectivity index (χ4v) is 6.59. The van der Waals surface area contributed by atoms with Crippen LogP contribution in [-0.2, 0) is 30.4 Å². The monoisotopic (exact) mass is 671 g/mol. The van der Waals surface area contributed by atoms with Gasteiger partial charge in [-0.05, 0) is 65.7 Å².